The van der Waals surface area contributed by atoms with E-state index in [-0.39, 0.29) is 23.7 Å². The summed E-state index contributed by atoms with van der Waals surface area (Å²) < 4.78 is 19.9. The highest BCUT2D eigenvalue weighted by molar-refractivity contribution is 7.99. The molecule has 1 aromatic carbocycles. The minimum atomic E-state index is -0.808. The molecule has 1 aliphatic carbocycles. The van der Waals surface area contributed by atoms with Crippen LogP contribution in [0.2, 0.25) is 0 Å². The lowest BCUT2D eigenvalue weighted by molar-refractivity contribution is -0.146. The second-order valence-electron chi connectivity index (χ2n) is 9.75. The largest absolute Gasteiger partial charge is 0.497 e. The summed E-state index contributed by atoms with van der Waals surface area (Å²) in [6.45, 7) is 2.27. The lowest BCUT2D eigenvalue weighted by Crippen LogP contribution is -2.44. The van der Waals surface area contributed by atoms with Gasteiger partial charge in [0.25, 0.3) is 0 Å². The quantitative estimate of drug-likeness (QED) is 0.434. The number of hydrogen-bond donors (Lipinski definition) is 1. The molecule has 1 N–H and O–H groups in total. The number of carboxylic acids is 1. The number of ether oxygens (including phenoxy) is 1. The van der Waals surface area contributed by atoms with Gasteiger partial charge < -0.3 is 14.7 Å². The second kappa shape index (κ2) is 12.2. The van der Waals surface area contributed by atoms with E-state index in [1.807, 2.05) is 11.8 Å². The van der Waals surface area contributed by atoms with Gasteiger partial charge in [0.1, 0.15) is 5.75 Å². The maximum absolute atomic E-state index is 14.7. The molecule has 0 amide bonds. The standard InChI is InChI=1S/C27H35FN2O4S/c1-34-19-8-9-24-21(15-19)26(23(28)16-29-24)25(31)10-7-18-11-12-30(17-22(18)27(32)33)13-14-35-20-5-3-2-4-6-20/h8-9,15-16,18,20,22H,2-7,10-14,17H2,1H3,(H,32,33). The molecule has 2 aliphatic rings. The number of carbonyl (C=O) groups is 2. The first kappa shape index (κ1) is 25.9. The molecule has 2 atom stereocenters. The third-order valence-electron chi connectivity index (χ3n) is 7.52. The molecule has 190 valence electrons. The van der Waals surface area contributed by atoms with Crippen molar-refractivity contribution >= 4 is 34.4 Å². The number of nitrogens with zero attached hydrogens (tertiary/aromatic N) is 2. The summed E-state index contributed by atoms with van der Waals surface area (Å²) in [5, 5.41) is 11.1. The molecule has 35 heavy (non-hydrogen) atoms. The first-order valence-corrected chi connectivity index (χ1v) is 13.7. The highest BCUT2D eigenvalue weighted by Gasteiger charge is 2.34. The minimum Gasteiger partial charge on any atom is -0.497 e. The van der Waals surface area contributed by atoms with Gasteiger partial charge in [-0.15, -0.1) is 0 Å². The van der Waals surface area contributed by atoms with Crippen LogP contribution >= 0.6 is 11.8 Å². The number of piperidine rings is 1. The summed E-state index contributed by atoms with van der Waals surface area (Å²) in [6, 6.07) is 5.05. The number of pyridine rings is 1. The van der Waals surface area contributed by atoms with Crippen molar-refractivity contribution < 1.29 is 23.8 Å². The average molecular weight is 503 g/mol. The summed E-state index contributed by atoms with van der Waals surface area (Å²) in [5.41, 5.74) is 0.538. The highest BCUT2D eigenvalue weighted by atomic mass is 32.2. The fourth-order valence-corrected chi connectivity index (χ4v) is 6.84. The van der Waals surface area contributed by atoms with Gasteiger partial charge in [-0.3, -0.25) is 14.6 Å². The van der Waals surface area contributed by atoms with Gasteiger partial charge in [0.05, 0.1) is 30.3 Å². The topological polar surface area (TPSA) is 79.7 Å². The van der Waals surface area contributed by atoms with E-state index in [1.165, 1.54) is 39.2 Å². The second-order valence-corrected chi connectivity index (χ2v) is 11.2. The monoisotopic (exact) mass is 502 g/mol. The lowest BCUT2D eigenvalue weighted by atomic mass is 9.81. The fraction of sp³-hybridized carbons (Fsp3) is 0.593. The Balaban J connectivity index is 1.35. The van der Waals surface area contributed by atoms with E-state index >= 15 is 0 Å². The number of benzene rings is 1. The van der Waals surface area contributed by atoms with E-state index in [0.717, 1.165) is 36.7 Å². The van der Waals surface area contributed by atoms with Crippen molar-refractivity contribution in [3.05, 3.63) is 35.8 Å². The minimum absolute atomic E-state index is 0.0120. The van der Waals surface area contributed by atoms with Crippen LogP contribution in [0.25, 0.3) is 10.9 Å². The van der Waals surface area contributed by atoms with Crippen LogP contribution < -0.4 is 4.74 Å². The summed E-state index contributed by atoms with van der Waals surface area (Å²) in [4.78, 5) is 31.5. The zero-order valence-electron chi connectivity index (χ0n) is 20.4. The van der Waals surface area contributed by atoms with Crippen LogP contribution in [-0.4, -0.2) is 64.5 Å². The molecule has 2 fully saturated rings. The number of methoxy groups -OCH3 is 1. The number of carboxylic acid groups (broad SMARTS) is 1. The van der Waals surface area contributed by atoms with Crippen LogP contribution in [0.1, 0.15) is 61.7 Å². The Kier molecular flexibility index (Phi) is 9.00. The van der Waals surface area contributed by atoms with E-state index in [9.17, 15) is 19.1 Å². The molecule has 0 bridgehead atoms. The molecule has 2 aromatic rings. The van der Waals surface area contributed by atoms with E-state index in [4.69, 9.17) is 4.74 Å². The Morgan fingerprint density at radius 3 is 2.77 bits per heavy atom. The number of likely N-dealkylation sites (tertiary alicyclic amines) is 1. The smallest absolute Gasteiger partial charge is 0.308 e. The predicted octanol–water partition coefficient (Wildman–Crippen LogP) is 5.43. The third kappa shape index (κ3) is 6.53. The normalized spacial score (nSPS) is 21.8. The lowest BCUT2D eigenvalue weighted by Gasteiger charge is -2.36. The van der Waals surface area contributed by atoms with Gasteiger partial charge in [-0.2, -0.15) is 11.8 Å². The van der Waals surface area contributed by atoms with E-state index in [1.54, 1.807) is 18.2 Å². The number of aromatic nitrogens is 1. The van der Waals surface area contributed by atoms with Crippen molar-refractivity contribution in [2.24, 2.45) is 11.8 Å². The van der Waals surface area contributed by atoms with Gasteiger partial charge >= 0.3 is 5.97 Å². The zero-order chi connectivity index (χ0) is 24.8. The van der Waals surface area contributed by atoms with Gasteiger partial charge in [-0.1, -0.05) is 19.3 Å². The van der Waals surface area contributed by atoms with E-state index in [2.05, 4.69) is 9.88 Å². The Morgan fingerprint density at radius 1 is 1.23 bits per heavy atom. The van der Waals surface area contributed by atoms with Crippen molar-refractivity contribution in [2.75, 3.05) is 32.5 Å². The van der Waals surface area contributed by atoms with Crippen molar-refractivity contribution in [1.82, 2.24) is 9.88 Å². The molecule has 1 saturated heterocycles. The third-order valence-corrected chi connectivity index (χ3v) is 8.88. The molecule has 4 rings (SSSR count). The van der Waals surface area contributed by atoms with Gasteiger partial charge in [-0.25, -0.2) is 4.39 Å². The number of ketones is 1. The number of halogens is 1. The molecule has 0 radical (unpaired) electrons. The Hall–Kier alpha value is -2.19. The molecular formula is C27H35FN2O4S. The Morgan fingerprint density at radius 2 is 2.03 bits per heavy atom. The molecule has 8 heteroatoms. The van der Waals surface area contributed by atoms with Gasteiger partial charge in [-0.05, 0) is 56.3 Å². The number of hydrogen-bond acceptors (Lipinski definition) is 6. The number of carbonyl (C=O) groups excluding carboxylic acids is 1. The van der Waals surface area contributed by atoms with Gasteiger partial charge in [0.15, 0.2) is 11.6 Å². The number of thioether (sulfide) groups is 1. The van der Waals surface area contributed by atoms with Crippen LogP contribution in [0.15, 0.2) is 24.4 Å². The summed E-state index contributed by atoms with van der Waals surface area (Å²) >= 11 is 2.03. The molecule has 6 nitrogen and oxygen atoms in total. The van der Waals surface area contributed by atoms with E-state index < -0.39 is 17.7 Å². The molecule has 2 heterocycles. The molecule has 1 aromatic heterocycles. The van der Waals surface area contributed by atoms with Gasteiger partial charge in [0, 0.05) is 35.9 Å². The summed E-state index contributed by atoms with van der Waals surface area (Å²) in [5.74, 6) is -0.816. The summed E-state index contributed by atoms with van der Waals surface area (Å²) in [7, 11) is 1.52. The van der Waals surface area contributed by atoms with Crippen LogP contribution in [0.4, 0.5) is 4.39 Å². The van der Waals surface area contributed by atoms with Crippen LogP contribution in [0.5, 0.6) is 5.75 Å². The van der Waals surface area contributed by atoms with Crippen molar-refractivity contribution in [3.63, 3.8) is 0 Å². The Bertz CT molecular complexity index is 1040. The maximum Gasteiger partial charge on any atom is 0.308 e. The van der Waals surface area contributed by atoms with Crippen LogP contribution in [0.3, 0.4) is 0 Å². The number of Topliss-reactive ketones (excluding diaryl/α,β-unsaturated/α-hetero) is 1. The molecular weight excluding hydrogens is 467 g/mol. The predicted molar refractivity (Wildman–Crippen MR) is 137 cm³/mol. The molecule has 1 saturated carbocycles. The Labute approximate surface area is 210 Å². The molecule has 1 aliphatic heterocycles. The number of rotatable bonds is 10. The first-order valence-electron chi connectivity index (χ1n) is 12.7. The van der Waals surface area contributed by atoms with Crippen molar-refractivity contribution in [1.29, 1.82) is 0 Å². The van der Waals surface area contributed by atoms with E-state index in [0.29, 0.717) is 29.6 Å². The number of fused-ring (bicyclic) bond motifs is 1. The van der Waals surface area contributed by atoms with Gasteiger partial charge in [0.2, 0.25) is 0 Å². The molecule has 2 unspecified atom stereocenters. The average Bonchev–Trinajstić information content (AvgIpc) is 2.87. The van der Waals surface area contributed by atoms with Crippen molar-refractivity contribution in [2.45, 2.75) is 56.6 Å². The maximum atomic E-state index is 14.7. The SMILES string of the molecule is COc1ccc2ncc(F)c(C(=O)CCC3CCN(CCSC4CCCCC4)CC3C(=O)O)c2c1. The first-order chi connectivity index (χ1) is 17.0. The summed E-state index contributed by atoms with van der Waals surface area (Å²) in [6.07, 6.45) is 8.98. The van der Waals surface area contributed by atoms with Crippen LogP contribution in [-0.2, 0) is 4.79 Å². The highest BCUT2D eigenvalue weighted by Crippen LogP contribution is 2.32. The fourth-order valence-electron chi connectivity index (χ4n) is 5.48. The van der Waals surface area contributed by atoms with Crippen molar-refractivity contribution in [3.8, 4) is 5.75 Å². The number of aliphatic carboxylic acids is 1. The zero-order valence-corrected chi connectivity index (χ0v) is 21.2. The molecule has 0 spiro atoms. The van der Waals surface area contributed by atoms with Crippen LogP contribution in [0, 0.1) is 17.7 Å².